The minimum Gasteiger partial charge on any atom is -0.481 e. The van der Waals surface area contributed by atoms with Crippen molar-refractivity contribution in [3.8, 4) is 5.88 Å². The van der Waals surface area contributed by atoms with E-state index >= 15 is 0 Å². The highest BCUT2D eigenvalue weighted by atomic mass is 16.5. The van der Waals surface area contributed by atoms with Crippen molar-refractivity contribution in [3.63, 3.8) is 0 Å². The Balaban J connectivity index is 1.56. The first-order chi connectivity index (χ1) is 10.7. The van der Waals surface area contributed by atoms with Crippen molar-refractivity contribution >= 4 is 11.7 Å². The van der Waals surface area contributed by atoms with Crippen LogP contribution in [-0.4, -0.2) is 23.0 Å². The van der Waals surface area contributed by atoms with Gasteiger partial charge in [0.25, 0.3) is 0 Å². The second-order valence-corrected chi connectivity index (χ2v) is 6.06. The highest BCUT2D eigenvalue weighted by Gasteiger charge is 2.64. The molecule has 3 aliphatic rings. The van der Waals surface area contributed by atoms with E-state index in [0.29, 0.717) is 17.6 Å². The summed E-state index contributed by atoms with van der Waals surface area (Å²) in [5, 5.41) is 2.91. The maximum absolute atomic E-state index is 12.7. The molecule has 6 nitrogen and oxygen atoms in total. The van der Waals surface area contributed by atoms with E-state index in [1.165, 1.54) is 6.39 Å². The van der Waals surface area contributed by atoms with Crippen LogP contribution in [-0.2, 0) is 10.2 Å². The SMILES string of the molecule is COc1cccc(NC(=O)C2C3CCC2(c2cnco2)C3)n1. The van der Waals surface area contributed by atoms with Crippen LogP contribution in [0.4, 0.5) is 5.82 Å². The third-order valence-electron chi connectivity index (χ3n) is 5.04. The number of methoxy groups -OCH3 is 1. The largest absolute Gasteiger partial charge is 0.481 e. The van der Waals surface area contributed by atoms with Gasteiger partial charge in [0, 0.05) is 11.5 Å². The Morgan fingerprint density at radius 1 is 1.50 bits per heavy atom. The molecule has 3 fully saturated rings. The Hall–Kier alpha value is -2.37. The van der Waals surface area contributed by atoms with Crippen LogP contribution < -0.4 is 10.1 Å². The molecular weight excluding hydrogens is 282 g/mol. The normalized spacial score (nSPS) is 29.0. The van der Waals surface area contributed by atoms with Crippen molar-refractivity contribution in [1.82, 2.24) is 9.97 Å². The molecule has 3 saturated carbocycles. The highest BCUT2D eigenvalue weighted by molar-refractivity contribution is 5.94. The number of nitrogens with one attached hydrogen (secondary N) is 1. The molecule has 5 rings (SSSR count). The summed E-state index contributed by atoms with van der Waals surface area (Å²) in [6.45, 7) is 0. The van der Waals surface area contributed by atoms with Crippen molar-refractivity contribution in [2.45, 2.75) is 24.7 Å². The Morgan fingerprint density at radius 2 is 2.41 bits per heavy atom. The van der Waals surface area contributed by atoms with Gasteiger partial charge in [0.05, 0.1) is 19.2 Å². The first kappa shape index (κ1) is 13.3. The molecule has 22 heavy (non-hydrogen) atoms. The van der Waals surface area contributed by atoms with Gasteiger partial charge < -0.3 is 14.5 Å². The van der Waals surface area contributed by atoms with Crippen molar-refractivity contribution in [2.75, 3.05) is 12.4 Å². The number of pyridine rings is 1. The lowest BCUT2D eigenvalue weighted by atomic mass is 9.58. The van der Waals surface area contributed by atoms with Crippen LogP contribution in [0.3, 0.4) is 0 Å². The molecular formula is C16H17N3O3. The van der Waals surface area contributed by atoms with Crippen LogP contribution in [0.15, 0.2) is 35.2 Å². The molecule has 3 aliphatic carbocycles. The first-order valence-electron chi connectivity index (χ1n) is 7.44. The molecule has 114 valence electrons. The van der Waals surface area contributed by atoms with Crippen LogP contribution in [0.5, 0.6) is 5.88 Å². The van der Waals surface area contributed by atoms with Gasteiger partial charge in [-0.25, -0.2) is 4.98 Å². The number of oxazole rings is 1. The number of aromatic nitrogens is 2. The molecule has 0 spiro atoms. The van der Waals surface area contributed by atoms with Gasteiger partial charge in [-0.15, -0.1) is 0 Å². The quantitative estimate of drug-likeness (QED) is 0.938. The molecule has 0 radical (unpaired) electrons. The second-order valence-electron chi connectivity index (χ2n) is 6.06. The van der Waals surface area contributed by atoms with Gasteiger partial charge in [-0.2, -0.15) is 4.98 Å². The summed E-state index contributed by atoms with van der Waals surface area (Å²) in [4.78, 5) is 20.9. The minimum atomic E-state index is -0.176. The van der Waals surface area contributed by atoms with Gasteiger partial charge in [0.2, 0.25) is 11.8 Å². The number of hydrogen-bond acceptors (Lipinski definition) is 5. The van der Waals surface area contributed by atoms with E-state index < -0.39 is 0 Å². The van der Waals surface area contributed by atoms with Gasteiger partial charge in [0.15, 0.2) is 6.39 Å². The number of amides is 1. The number of ether oxygens (including phenoxy) is 1. The maximum Gasteiger partial charge on any atom is 0.229 e. The van der Waals surface area contributed by atoms with Gasteiger partial charge >= 0.3 is 0 Å². The fraction of sp³-hybridized carbons (Fsp3) is 0.438. The first-order valence-corrected chi connectivity index (χ1v) is 7.44. The number of hydrogen-bond donors (Lipinski definition) is 1. The lowest BCUT2D eigenvalue weighted by Gasteiger charge is -2.44. The van der Waals surface area contributed by atoms with Crippen LogP contribution in [0.1, 0.15) is 25.0 Å². The number of anilines is 1. The van der Waals surface area contributed by atoms with E-state index in [1.807, 2.05) is 6.07 Å². The zero-order valence-corrected chi connectivity index (χ0v) is 12.3. The fourth-order valence-electron chi connectivity index (χ4n) is 4.08. The summed E-state index contributed by atoms with van der Waals surface area (Å²) in [5.74, 6) is 2.21. The predicted octanol–water partition coefficient (Wildman–Crippen LogP) is 2.38. The van der Waals surface area contributed by atoms with E-state index in [-0.39, 0.29) is 17.2 Å². The van der Waals surface area contributed by atoms with Gasteiger partial charge in [-0.1, -0.05) is 6.07 Å². The van der Waals surface area contributed by atoms with Gasteiger partial charge in [0.1, 0.15) is 11.6 Å². The Labute approximate surface area is 127 Å². The van der Waals surface area contributed by atoms with E-state index in [9.17, 15) is 4.79 Å². The van der Waals surface area contributed by atoms with Crippen molar-refractivity contribution in [3.05, 3.63) is 36.5 Å². The molecule has 6 heteroatoms. The van der Waals surface area contributed by atoms with Crippen LogP contribution >= 0.6 is 0 Å². The number of fused-ring (bicyclic) bond motifs is 1. The maximum atomic E-state index is 12.7. The van der Waals surface area contributed by atoms with Crippen molar-refractivity contribution in [2.24, 2.45) is 11.8 Å². The van der Waals surface area contributed by atoms with Crippen molar-refractivity contribution in [1.29, 1.82) is 0 Å². The van der Waals surface area contributed by atoms with Gasteiger partial charge in [-0.3, -0.25) is 4.79 Å². The molecule has 3 atom stereocenters. The Bertz CT molecular complexity index is 696. The third kappa shape index (κ3) is 1.83. The van der Waals surface area contributed by atoms with Crippen molar-refractivity contribution < 1.29 is 13.9 Å². The molecule has 2 bridgehead atoms. The molecule has 0 saturated heterocycles. The summed E-state index contributed by atoms with van der Waals surface area (Å²) in [6, 6.07) is 5.32. The molecule has 1 amide bonds. The Kier molecular flexibility index (Phi) is 2.92. The number of carbonyl (C=O) groups is 1. The number of carbonyl (C=O) groups excluding carboxylic acids is 1. The zero-order valence-electron chi connectivity index (χ0n) is 12.3. The fourth-order valence-corrected chi connectivity index (χ4v) is 4.08. The average Bonchev–Trinajstić information content (AvgIpc) is 3.22. The summed E-state index contributed by atoms with van der Waals surface area (Å²) in [6.07, 6.45) is 6.23. The van der Waals surface area contributed by atoms with Crippen LogP contribution in [0.2, 0.25) is 0 Å². The van der Waals surface area contributed by atoms with E-state index in [2.05, 4.69) is 15.3 Å². The van der Waals surface area contributed by atoms with E-state index in [4.69, 9.17) is 9.15 Å². The summed E-state index contributed by atoms with van der Waals surface area (Å²) in [5.41, 5.74) is -0.176. The standard InChI is InChI=1S/C16H17N3O3/c1-21-13-4-2-3-12(18-13)19-15(20)14-10-5-6-16(14,7-10)11-8-17-9-22-11/h2-4,8-10,14H,5-7H2,1H3,(H,18,19,20). The second kappa shape index (κ2) is 4.83. The predicted molar refractivity (Wildman–Crippen MR) is 78.4 cm³/mol. The summed E-state index contributed by atoms with van der Waals surface area (Å²) < 4.78 is 10.6. The third-order valence-corrected chi connectivity index (χ3v) is 5.04. The van der Waals surface area contributed by atoms with Gasteiger partial charge in [-0.05, 0) is 31.2 Å². The lowest BCUT2D eigenvalue weighted by Crippen LogP contribution is -2.50. The Morgan fingerprint density at radius 3 is 3.14 bits per heavy atom. The topological polar surface area (TPSA) is 77.2 Å². The van der Waals surface area contributed by atoms with Crippen LogP contribution in [0.25, 0.3) is 0 Å². The zero-order chi connectivity index (χ0) is 15.2. The molecule has 2 heterocycles. The molecule has 3 unspecified atom stereocenters. The molecule has 0 aromatic carbocycles. The summed E-state index contributed by atoms with van der Waals surface area (Å²) in [7, 11) is 1.55. The molecule has 1 N–H and O–H groups in total. The smallest absolute Gasteiger partial charge is 0.229 e. The molecule has 0 aliphatic heterocycles. The van der Waals surface area contributed by atoms with Crippen LogP contribution in [0, 0.1) is 11.8 Å². The lowest BCUT2D eigenvalue weighted by molar-refractivity contribution is -0.128. The van der Waals surface area contributed by atoms with E-state index in [0.717, 1.165) is 25.0 Å². The number of rotatable bonds is 4. The number of nitrogens with zero attached hydrogens (tertiary/aromatic N) is 2. The minimum absolute atomic E-state index is 0.00547. The monoisotopic (exact) mass is 299 g/mol. The molecule has 2 aromatic heterocycles. The average molecular weight is 299 g/mol. The molecule has 2 aromatic rings. The summed E-state index contributed by atoms with van der Waals surface area (Å²) >= 11 is 0. The highest BCUT2D eigenvalue weighted by Crippen LogP contribution is 2.64. The van der Waals surface area contributed by atoms with E-state index in [1.54, 1.807) is 25.4 Å².